The number of hydrogen-bond acceptors (Lipinski definition) is 0. The Bertz CT molecular complexity index is 1290. The first-order valence-electron chi connectivity index (χ1n) is 12.0. The van der Waals surface area contributed by atoms with Gasteiger partial charge in [0.2, 0.25) is 0 Å². The van der Waals surface area contributed by atoms with Crippen LogP contribution in [0.15, 0.2) is 133 Å². The van der Waals surface area contributed by atoms with Crippen molar-refractivity contribution in [3.63, 3.8) is 0 Å². The minimum atomic E-state index is -1.62. The topological polar surface area (TPSA) is 0 Å². The van der Waals surface area contributed by atoms with Gasteiger partial charge in [0, 0.05) is 0 Å². The van der Waals surface area contributed by atoms with E-state index in [1.54, 1.807) is 0 Å². The molecule has 0 fully saturated rings. The zero-order chi connectivity index (χ0) is 24.7. The van der Waals surface area contributed by atoms with Crippen LogP contribution in [0, 0.1) is 13.8 Å². The van der Waals surface area contributed by atoms with Crippen molar-refractivity contribution in [1.82, 2.24) is 0 Å². The molecule has 36 heavy (non-hydrogen) atoms. The average Bonchev–Trinajstić information content (AvgIpc) is 3.51. The van der Waals surface area contributed by atoms with Crippen molar-refractivity contribution in [2.24, 2.45) is 0 Å². The predicted octanol–water partition coefficient (Wildman–Crippen LogP) is 7.99. The quantitative estimate of drug-likeness (QED) is 0.149. The Morgan fingerprint density at radius 1 is 0.500 bits per heavy atom. The summed E-state index contributed by atoms with van der Waals surface area (Å²) in [4.78, 5) is 0. The van der Waals surface area contributed by atoms with Crippen molar-refractivity contribution < 1.29 is 26.2 Å². The summed E-state index contributed by atoms with van der Waals surface area (Å²) in [6.07, 6.45) is 0. The molecule has 0 saturated heterocycles. The van der Waals surface area contributed by atoms with Crippen molar-refractivity contribution in [3.05, 3.63) is 158 Å². The molecule has 176 valence electrons. The van der Waals surface area contributed by atoms with Crippen LogP contribution in [0.3, 0.4) is 0 Å². The predicted molar refractivity (Wildman–Crippen MR) is 158 cm³/mol. The van der Waals surface area contributed by atoms with Crippen LogP contribution < -0.4 is 10.4 Å². The third kappa shape index (κ3) is 7.00. The van der Waals surface area contributed by atoms with Gasteiger partial charge < -0.3 is 0 Å². The van der Waals surface area contributed by atoms with Gasteiger partial charge in [-0.15, -0.1) is 93.9 Å². The van der Waals surface area contributed by atoms with E-state index < -0.39 is 8.07 Å². The van der Waals surface area contributed by atoms with Crippen LogP contribution in [0.5, 0.6) is 0 Å². The Morgan fingerprint density at radius 2 is 0.833 bits per heavy atom. The maximum Gasteiger partial charge on any atom is 4.00 e. The summed E-state index contributed by atoms with van der Waals surface area (Å²) in [6, 6.07) is 46.6. The van der Waals surface area contributed by atoms with E-state index in [9.17, 15) is 0 Å². The summed E-state index contributed by atoms with van der Waals surface area (Å²) in [5.74, 6) is 0. The van der Waals surface area contributed by atoms with Gasteiger partial charge in [-0.1, -0.05) is 37.4 Å². The molecule has 0 saturated carbocycles. The van der Waals surface area contributed by atoms with E-state index in [0.717, 1.165) is 11.1 Å². The molecule has 0 radical (unpaired) electrons. The van der Waals surface area contributed by atoms with Crippen LogP contribution in [0.4, 0.5) is 0 Å². The van der Waals surface area contributed by atoms with Gasteiger partial charge in [0.25, 0.3) is 0 Å². The molecule has 0 unspecified atom stereocenters. The molecule has 2 heteroatoms. The van der Waals surface area contributed by atoms with Gasteiger partial charge in [0.1, 0.15) is 0 Å². The van der Waals surface area contributed by atoms with Crippen molar-refractivity contribution in [2.75, 3.05) is 0 Å². The van der Waals surface area contributed by atoms with E-state index in [1.165, 1.54) is 31.9 Å². The second-order valence-corrected chi connectivity index (χ2v) is 13.7. The molecular formula is C34H32SiZr. The molecule has 6 rings (SSSR count). The summed E-state index contributed by atoms with van der Waals surface area (Å²) >= 11 is 0. The maximum absolute atomic E-state index is 3.72. The van der Waals surface area contributed by atoms with Crippen LogP contribution in [-0.4, -0.2) is 8.07 Å². The van der Waals surface area contributed by atoms with E-state index in [-0.39, 0.29) is 26.2 Å². The Labute approximate surface area is 236 Å². The van der Waals surface area contributed by atoms with Crippen molar-refractivity contribution in [1.29, 1.82) is 0 Å². The molecule has 0 heterocycles. The molecule has 6 aromatic rings. The van der Waals surface area contributed by atoms with E-state index >= 15 is 0 Å². The fourth-order valence-corrected chi connectivity index (χ4v) is 6.54. The Balaban J connectivity index is 0.000000198. The molecule has 0 aliphatic carbocycles. The number of fused-ring (bicyclic) bond motifs is 2. The Morgan fingerprint density at radius 3 is 1.14 bits per heavy atom. The van der Waals surface area contributed by atoms with Gasteiger partial charge in [0.15, 0.2) is 0 Å². The van der Waals surface area contributed by atoms with E-state index in [1.807, 2.05) is 60.7 Å². The van der Waals surface area contributed by atoms with Crippen LogP contribution >= 0.6 is 0 Å². The van der Waals surface area contributed by atoms with Gasteiger partial charge in [-0.3, -0.25) is 0 Å². The zero-order valence-electron chi connectivity index (χ0n) is 21.1. The van der Waals surface area contributed by atoms with E-state index in [4.69, 9.17) is 0 Å². The summed E-state index contributed by atoms with van der Waals surface area (Å²) in [5.41, 5.74) is 2.14. The second-order valence-electron chi connectivity index (χ2n) is 9.34. The van der Waals surface area contributed by atoms with Gasteiger partial charge >= 0.3 is 26.2 Å². The third-order valence-corrected chi connectivity index (χ3v) is 9.83. The molecule has 0 aromatic heterocycles. The normalized spacial score (nSPS) is 10.5. The Hall–Kier alpha value is -3.06. The molecule has 0 nitrogen and oxygen atoms in total. The molecule has 6 aromatic carbocycles. The van der Waals surface area contributed by atoms with Crippen LogP contribution in [0.2, 0.25) is 13.1 Å². The molecular weight excluding hydrogens is 528 g/mol. The molecule has 0 aliphatic heterocycles. The first-order valence-corrected chi connectivity index (χ1v) is 15.0. The first-order chi connectivity index (χ1) is 16.9. The smallest absolute Gasteiger partial charge is 0.199 e. The molecule has 0 bridgehead atoms. The monoisotopic (exact) mass is 558 g/mol. The average molecular weight is 560 g/mol. The van der Waals surface area contributed by atoms with Gasteiger partial charge in [0.05, 0.1) is 8.07 Å². The number of benzene rings is 4. The minimum Gasteiger partial charge on any atom is -0.199 e. The van der Waals surface area contributed by atoms with Crippen molar-refractivity contribution >= 4 is 40.0 Å². The van der Waals surface area contributed by atoms with E-state index in [0.29, 0.717) is 0 Å². The summed E-state index contributed by atoms with van der Waals surface area (Å²) in [5, 5.41) is 8.51. The second kappa shape index (κ2) is 12.8. The van der Waals surface area contributed by atoms with E-state index in [2.05, 4.69) is 99.7 Å². The number of rotatable bonds is 2. The summed E-state index contributed by atoms with van der Waals surface area (Å²) in [7, 11) is -1.62. The van der Waals surface area contributed by atoms with Crippen molar-refractivity contribution in [2.45, 2.75) is 13.1 Å². The molecule has 0 aliphatic rings. The van der Waals surface area contributed by atoms with Crippen LogP contribution in [-0.2, 0) is 26.2 Å². The first kappa shape index (κ1) is 27.5. The van der Waals surface area contributed by atoms with Crippen molar-refractivity contribution in [3.8, 4) is 0 Å². The summed E-state index contributed by atoms with van der Waals surface area (Å²) in [6.45, 7) is 12.3. The molecule has 0 spiro atoms. The maximum atomic E-state index is 3.72. The number of hydrogen-bond donors (Lipinski definition) is 0. The third-order valence-electron chi connectivity index (χ3n) is 6.37. The fourth-order valence-electron chi connectivity index (χ4n) is 4.15. The minimum absolute atomic E-state index is 0. The molecule has 0 atom stereocenters. The summed E-state index contributed by atoms with van der Waals surface area (Å²) < 4.78 is 0. The fraction of sp³-hybridized carbons (Fsp3) is 0.0588. The largest absolute Gasteiger partial charge is 4.00 e. The van der Waals surface area contributed by atoms with Gasteiger partial charge in [-0.05, 0) is 0 Å². The Kier molecular flexibility index (Phi) is 9.76. The molecule has 0 N–H and O–H groups in total. The zero-order valence-corrected chi connectivity index (χ0v) is 24.6. The standard InChI is InChI=1S/C20H18Si.2C7H7.Zr/c1-21(2,19-11-15-7-3-4-8-16(15)12-19)20-13-17-9-5-6-10-18(17)14-20;2*1-7-5-3-2-4-6-7;/h3-14H,1-2H3;2*2-6H,1H2;/q-2;2*-1;+4. The molecule has 0 amide bonds. The van der Waals surface area contributed by atoms with Gasteiger partial charge in [-0.25, -0.2) is 0 Å². The van der Waals surface area contributed by atoms with Crippen LogP contribution in [0.1, 0.15) is 11.1 Å². The van der Waals surface area contributed by atoms with Gasteiger partial charge in [-0.2, -0.15) is 72.1 Å². The SMILES string of the molecule is C[Si](C)(c1cc2ccccc2[cH-]1)c1cc2ccccc2[cH-]1.[CH2-]c1ccccc1.[CH2-]c1ccccc1.[Zr+4]. The van der Waals surface area contributed by atoms with Crippen LogP contribution in [0.25, 0.3) is 21.5 Å².